The third-order valence-electron chi connectivity index (χ3n) is 3.52. The highest BCUT2D eigenvalue weighted by atomic mass is 35.5. The summed E-state index contributed by atoms with van der Waals surface area (Å²) in [6.07, 6.45) is -0.747. The number of amides is 1. The smallest absolute Gasteiger partial charge is 0.329 e. The lowest BCUT2D eigenvalue weighted by Crippen LogP contribution is -2.35. The van der Waals surface area contributed by atoms with Crippen LogP contribution in [0.4, 0.5) is 11.4 Å². The number of hydrogen-bond acceptors (Lipinski definition) is 7. The molecular formula is C18H22ClN3O5S. The van der Waals surface area contributed by atoms with Crippen LogP contribution in [0.15, 0.2) is 36.4 Å². The second-order valence-corrected chi connectivity index (χ2v) is 7.51. The lowest BCUT2D eigenvalue weighted by Gasteiger charge is -2.14. The van der Waals surface area contributed by atoms with E-state index in [1.54, 1.807) is 12.1 Å². The first-order chi connectivity index (χ1) is 13.4. The number of aliphatic hydroxyl groups excluding tert-OH is 1. The molecule has 1 heterocycles. The molecule has 0 saturated heterocycles. The van der Waals surface area contributed by atoms with Gasteiger partial charge in [-0.3, -0.25) is 4.79 Å². The first-order valence-corrected chi connectivity index (χ1v) is 9.72. The van der Waals surface area contributed by atoms with Gasteiger partial charge in [0, 0.05) is 31.0 Å². The Morgan fingerprint density at radius 2 is 1.75 bits per heavy atom. The van der Waals surface area contributed by atoms with Gasteiger partial charge < -0.3 is 30.9 Å². The maximum Gasteiger partial charge on any atom is 0.329 e. The molecule has 0 saturated carbocycles. The molecule has 0 aliphatic heterocycles. The van der Waals surface area contributed by atoms with Crippen molar-refractivity contribution in [2.45, 2.75) is 6.10 Å². The summed E-state index contributed by atoms with van der Waals surface area (Å²) in [6, 6.07) is 10.7. The number of benzene rings is 1. The Labute approximate surface area is 171 Å². The van der Waals surface area contributed by atoms with Crippen molar-refractivity contribution in [3.8, 4) is 0 Å². The van der Waals surface area contributed by atoms with Crippen molar-refractivity contribution in [2.24, 2.45) is 0 Å². The van der Waals surface area contributed by atoms with E-state index in [-0.39, 0.29) is 25.6 Å². The quantitative estimate of drug-likeness (QED) is 0.329. The van der Waals surface area contributed by atoms with Gasteiger partial charge in [-0.25, -0.2) is 4.79 Å². The van der Waals surface area contributed by atoms with Crippen molar-refractivity contribution >= 4 is 46.2 Å². The van der Waals surface area contributed by atoms with Crippen molar-refractivity contribution in [1.29, 1.82) is 0 Å². The van der Waals surface area contributed by atoms with Crippen LogP contribution in [0.2, 0.25) is 4.34 Å². The monoisotopic (exact) mass is 427 g/mol. The van der Waals surface area contributed by atoms with Crippen LogP contribution in [0.3, 0.4) is 0 Å². The number of carbonyl (C=O) groups excluding carboxylic acids is 1. The minimum Gasteiger partial charge on any atom is -0.480 e. The van der Waals surface area contributed by atoms with Gasteiger partial charge in [-0.1, -0.05) is 11.6 Å². The zero-order valence-corrected chi connectivity index (χ0v) is 16.6. The summed E-state index contributed by atoms with van der Waals surface area (Å²) >= 11 is 6.98. The number of aliphatic hydroxyl groups is 1. The summed E-state index contributed by atoms with van der Waals surface area (Å²) in [7, 11) is 0. The molecule has 0 aliphatic rings. The number of carboxylic acid groups (broad SMARTS) is 1. The largest absolute Gasteiger partial charge is 0.480 e. The molecular weight excluding hydrogens is 406 g/mol. The highest BCUT2D eigenvalue weighted by Gasteiger charge is 2.11. The lowest BCUT2D eigenvalue weighted by molar-refractivity contribution is -0.142. The van der Waals surface area contributed by atoms with Crippen LogP contribution in [-0.2, 0) is 9.53 Å². The highest BCUT2D eigenvalue weighted by molar-refractivity contribution is 7.17. The van der Waals surface area contributed by atoms with Crippen LogP contribution in [0.25, 0.3) is 0 Å². The third-order valence-corrected chi connectivity index (χ3v) is 4.75. The lowest BCUT2D eigenvalue weighted by atomic mass is 10.2. The second-order valence-electron chi connectivity index (χ2n) is 5.80. The van der Waals surface area contributed by atoms with E-state index in [9.17, 15) is 14.7 Å². The number of hydrogen-bond donors (Lipinski definition) is 5. The number of halogens is 1. The standard InChI is InChI=1S/C18H22ClN3O5S/c19-16-6-5-15(28-16)18(26)22-10-14(23)9-21-13-3-1-12(2-4-13)20-7-8-27-11-17(24)25/h1-6,14,20-21,23H,7-11H2,(H,22,26)(H,24,25)/t14-/m0/s1. The van der Waals surface area contributed by atoms with Crippen LogP contribution in [0.5, 0.6) is 0 Å². The molecule has 0 bridgehead atoms. The van der Waals surface area contributed by atoms with Gasteiger partial charge >= 0.3 is 5.97 Å². The van der Waals surface area contributed by atoms with E-state index in [1.165, 1.54) is 11.3 Å². The predicted octanol–water partition coefficient (Wildman–Crippen LogP) is 2.12. The Bertz CT molecular complexity index is 769. The van der Waals surface area contributed by atoms with Crippen LogP contribution >= 0.6 is 22.9 Å². The van der Waals surface area contributed by atoms with Crippen LogP contribution < -0.4 is 16.0 Å². The zero-order chi connectivity index (χ0) is 20.4. The van der Waals surface area contributed by atoms with E-state index in [2.05, 4.69) is 16.0 Å². The minimum atomic E-state index is -0.993. The minimum absolute atomic E-state index is 0.122. The molecule has 1 atom stereocenters. The molecule has 0 spiro atoms. The zero-order valence-electron chi connectivity index (χ0n) is 15.0. The topological polar surface area (TPSA) is 120 Å². The van der Waals surface area contributed by atoms with Gasteiger partial charge in [-0.15, -0.1) is 11.3 Å². The van der Waals surface area contributed by atoms with E-state index in [0.29, 0.717) is 22.4 Å². The van der Waals surface area contributed by atoms with Crippen molar-refractivity contribution in [1.82, 2.24) is 5.32 Å². The summed E-state index contributed by atoms with van der Waals surface area (Å²) < 4.78 is 5.48. The molecule has 1 amide bonds. The molecule has 1 aromatic heterocycles. The molecule has 5 N–H and O–H groups in total. The molecule has 0 radical (unpaired) electrons. The van der Waals surface area contributed by atoms with Crippen LogP contribution in [0.1, 0.15) is 9.67 Å². The first kappa shape index (κ1) is 22.0. The molecule has 8 nitrogen and oxygen atoms in total. The molecule has 152 valence electrons. The maximum atomic E-state index is 11.9. The maximum absolute atomic E-state index is 11.9. The van der Waals surface area contributed by atoms with Gasteiger partial charge in [0.25, 0.3) is 5.91 Å². The number of carboxylic acids is 1. The number of anilines is 2. The van der Waals surface area contributed by atoms with Crippen LogP contribution in [-0.4, -0.2) is 61.0 Å². The molecule has 28 heavy (non-hydrogen) atoms. The molecule has 0 unspecified atom stereocenters. The second kappa shape index (κ2) is 11.5. The average molecular weight is 428 g/mol. The van der Waals surface area contributed by atoms with Gasteiger partial charge in [-0.05, 0) is 36.4 Å². The van der Waals surface area contributed by atoms with Crippen molar-refractivity contribution in [3.63, 3.8) is 0 Å². The normalized spacial score (nSPS) is 11.6. The number of nitrogens with one attached hydrogen (secondary N) is 3. The van der Waals surface area contributed by atoms with Crippen LogP contribution in [0, 0.1) is 0 Å². The van der Waals surface area contributed by atoms with Gasteiger partial charge in [0.2, 0.25) is 0 Å². The summed E-state index contributed by atoms with van der Waals surface area (Å²) in [4.78, 5) is 22.7. The Hall–Kier alpha value is -2.33. The summed E-state index contributed by atoms with van der Waals surface area (Å²) in [5.74, 6) is -1.26. The number of ether oxygens (including phenoxy) is 1. The van der Waals surface area contributed by atoms with E-state index in [1.807, 2.05) is 24.3 Å². The van der Waals surface area contributed by atoms with Gasteiger partial charge in [0.15, 0.2) is 0 Å². The number of aliphatic carboxylic acids is 1. The third kappa shape index (κ3) is 8.13. The SMILES string of the molecule is O=C(O)COCCNc1ccc(NC[C@H](O)CNC(=O)c2ccc(Cl)s2)cc1. The first-order valence-electron chi connectivity index (χ1n) is 8.53. The Morgan fingerprint density at radius 3 is 2.36 bits per heavy atom. The fourth-order valence-electron chi connectivity index (χ4n) is 2.17. The summed E-state index contributed by atoms with van der Waals surface area (Å²) in [5.41, 5.74) is 1.69. The average Bonchev–Trinajstić information content (AvgIpc) is 3.11. The van der Waals surface area contributed by atoms with E-state index < -0.39 is 12.1 Å². The summed E-state index contributed by atoms with van der Waals surface area (Å²) in [6.45, 7) is 0.878. The molecule has 10 heteroatoms. The van der Waals surface area contributed by atoms with Gasteiger partial charge in [0.1, 0.15) is 6.61 Å². The molecule has 0 aliphatic carbocycles. The van der Waals surface area contributed by atoms with Gasteiger partial charge in [0.05, 0.1) is 21.9 Å². The molecule has 0 fully saturated rings. The van der Waals surface area contributed by atoms with Gasteiger partial charge in [-0.2, -0.15) is 0 Å². The fourth-order valence-corrected chi connectivity index (χ4v) is 3.13. The predicted molar refractivity (Wildman–Crippen MR) is 110 cm³/mol. The molecule has 2 rings (SSSR count). The number of thiophene rings is 1. The van der Waals surface area contributed by atoms with Crippen molar-refractivity contribution < 1.29 is 24.5 Å². The van der Waals surface area contributed by atoms with Crippen molar-refractivity contribution in [2.75, 3.05) is 43.5 Å². The Morgan fingerprint density at radius 1 is 1.07 bits per heavy atom. The summed E-state index contributed by atoms with van der Waals surface area (Å²) in [5, 5.41) is 27.3. The number of rotatable bonds is 12. The fraction of sp³-hybridized carbons (Fsp3) is 0.333. The number of carbonyl (C=O) groups is 2. The van der Waals surface area contributed by atoms with E-state index in [4.69, 9.17) is 21.4 Å². The van der Waals surface area contributed by atoms with Crippen molar-refractivity contribution in [3.05, 3.63) is 45.6 Å². The Balaban J connectivity index is 1.63. The molecule has 2 aromatic rings. The molecule has 1 aromatic carbocycles. The highest BCUT2D eigenvalue weighted by Crippen LogP contribution is 2.21. The van der Waals surface area contributed by atoms with E-state index >= 15 is 0 Å². The van der Waals surface area contributed by atoms with E-state index in [0.717, 1.165) is 11.4 Å². The Kier molecular flexibility index (Phi) is 9.02.